The number of benzene rings is 2. The summed E-state index contributed by atoms with van der Waals surface area (Å²) in [7, 11) is 0. The first-order valence-electron chi connectivity index (χ1n) is 11.1. The number of para-hydroxylation sites is 1. The Morgan fingerprint density at radius 2 is 1.91 bits per heavy atom. The van der Waals surface area contributed by atoms with E-state index in [-0.39, 0.29) is 18.4 Å². The summed E-state index contributed by atoms with van der Waals surface area (Å²) in [6.45, 7) is 2.06. The average Bonchev–Trinajstić information content (AvgIpc) is 3.31. The Bertz CT molecular complexity index is 1320. The summed E-state index contributed by atoms with van der Waals surface area (Å²) in [6, 6.07) is 20.6. The largest absolute Gasteiger partial charge is 0.492 e. The molecule has 2 aromatic carbocycles. The minimum atomic E-state index is -0.245. The third-order valence-corrected chi connectivity index (χ3v) is 4.94. The Hall–Kier alpha value is -4.72. The quantitative estimate of drug-likeness (QED) is 0.285. The van der Waals surface area contributed by atoms with Crippen molar-refractivity contribution in [2.75, 3.05) is 18.5 Å². The maximum absolute atomic E-state index is 12.4. The molecule has 0 radical (unpaired) electrons. The molecule has 0 bridgehead atoms. The zero-order valence-corrected chi connectivity index (χ0v) is 19.2. The van der Waals surface area contributed by atoms with Gasteiger partial charge in [-0.3, -0.25) is 14.6 Å². The van der Waals surface area contributed by atoms with Crippen molar-refractivity contribution < 1.29 is 14.3 Å². The van der Waals surface area contributed by atoms with E-state index in [1.165, 1.54) is 13.0 Å². The molecule has 0 unspecified atom stereocenters. The second-order valence-electron chi connectivity index (χ2n) is 7.64. The predicted molar refractivity (Wildman–Crippen MR) is 135 cm³/mol. The topological polar surface area (TPSA) is 98.1 Å². The van der Waals surface area contributed by atoms with Gasteiger partial charge in [0.25, 0.3) is 0 Å². The van der Waals surface area contributed by atoms with E-state index in [0.29, 0.717) is 18.0 Å². The molecule has 4 rings (SSSR count). The normalized spacial score (nSPS) is 10.8. The van der Waals surface area contributed by atoms with Crippen LogP contribution in [0, 0.1) is 0 Å². The van der Waals surface area contributed by atoms with E-state index in [9.17, 15) is 9.59 Å². The molecule has 176 valence electrons. The van der Waals surface area contributed by atoms with Gasteiger partial charge in [0.1, 0.15) is 18.1 Å². The smallest absolute Gasteiger partial charge is 0.244 e. The predicted octanol–water partition coefficient (Wildman–Crippen LogP) is 4.10. The number of ether oxygens (including phenoxy) is 1. The molecular formula is C27H25N5O3. The Balaban J connectivity index is 1.38. The molecule has 0 fully saturated rings. The minimum absolute atomic E-state index is 0.151. The standard InChI is InChI=1S/C27H25N5O3/c1-20(33)30-23-8-5-11-25(17-23)35-16-15-29-26(34)13-12-22-19-32(24-9-3-2-4-10-24)31-27(22)21-7-6-14-28-18-21/h2-14,17-19H,15-16H2,1H3,(H,29,34)(H,30,33). The SMILES string of the molecule is CC(=O)Nc1cccc(OCCNC(=O)C=Cc2cn(-c3ccccc3)nc2-c2cccnc2)c1. The van der Waals surface area contributed by atoms with E-state index in [1.54, 1.807) is 47.4 Å². The first-order valence-corrected chi connectivity index (χ1v) is 11.1. The first-order chi connectivity index (χ1) is 17.1. The van der Waals surface area contributed by atoms with Crippen LogP contribution in [0.5, 0.6) is 5.75 Å². The third-order valence-electron chi connectivity index (χ3n) is 4.94. The van der Waals surface area contributed by atoms with Gasteiger partial charge in [-0.15, -0.1) is 0 Å². The van der Waals surface area contributed by atoms with Gasteiger partial charge in [0, 0.05) is 54.5 Å². The van der Waals surface area contributed by atoms with Gasteiger partial charge in [0.15, 0.2) is 0 Å². The molecule has 0 saturated heterocycles. The Morgan fingerprint density at radius 1 is 1.06 bits per heavy atom. The molecule has 0 aliphatic heterocycles. The number of carbonyl (C=O) groups excluding carboxylic acids is 2. The van der Waals surface area contributed by atoms with E-state index in [1.807, 2.05) is 48.7 Å². The number of carbonyl (C=O) groups is 2. The molecule has 0 saturated carbocycles. The number of hydrogen-bond donors (Lipinski definition) is 2. The van der Waals surface area contributed by atoms with Gasteiger partial charge in [0.05, 0.1) is 12.2 Å². The highest BCUT2D eigenvalue weighted by atomic mass is 16.5. The monoisotopic (exact) mass is 467 g/mol. The Kier molecular flexibility index (Phi) is 7.65. The zero-order chi connectivity index (χ0) is 24.5. The summed E-state index contributed by atoms with van der Waals surface area (Å²) in [5.74, 6) is 0.211. The summed E-state index contributed by atoms with van der Waals surface area (Å²) in [5, 5.41) is 10.2. The molecule has 2 amide bonds. The van der Waals surface area contributed by atoms with Crippen molar-refractivity contribution in [2.45, 2.75) is 6.92 Å². The fourth-order valence-electron chi connectivity index (χ4n) is 3.38. The van der Waals surface area contributed by atoms with Gasteiger partial charge in [0.2, 0.25) is 11.8 Å². The molecule has 2 aromatic heterocycles. The van der Waals surface area contributed by atoms with E-state index in [2.05, 4.69) is 15.6 Å². The van der Waals surface area contributed by atoms with E-state index in [0.717, 1.165) is 22.5 Å². The van der Waals surface area contributed by atoms with Crippen LogP contribution in [0.3, 0.4) is 0 Å². The van der Waals surface area contributed by atoms with Crippen LogP contribution < -0.4 is 15.4 Å². The lowest BCUT2D eigenvalue weighted by Gasteiger charge is -2.08. The van der Waals surface area contributed by atoms with Crippen molar-refractivity contribution in [3.05, 3.63) is 97.0 Å². The fourth-order valence-corrected chi connectivity index (χ4v) is 3.38. The maximum Gasteiger partial charge on any atom is 0.244 e. The zero-order valence-electron chi connectivity index (χ0n) is 19.2. The first kappa shape index (κ1) is 23.4. The lowest BCUT2D eigenvalue weighted by molar-refractivity contribution is -0.116. The number of nitrogens with zero attached hydrogens (tertiary/aromatic N) is 3. The summed E-state index contributed by atoms with van der Waals surface area (Å²) >= 11 is 0. The van der Waals surface area contributed by atoms with E-state index < -0.39 is 0 Å². The number of hydrogen-bond acceptors (Lipinski definition) is 5. The molecule has 8 nitrogen and oxygen atoms in total. The van der Waals surface area contributed by atoms with Crippen molar-refractivity contribution >= 4 is 23.6 Å². The van der Waals surface area contributed by atoms with Crippen molar-refractivity contribution in [2.24, 2.45) is 0 Å². The second kappa shape index (κ2) is 11.4. The van der Waals surface area contributed by atoms with Gasteiger partial charge < -0.3 is 15.4 Å². The molecule has 0 aliphatic carbocycles. The Labute approximate surface area is 203 Å². The number of aromatic nitrogens is 3. The lowest BCUT2D eigenvalue weighted by Crippen LogP contribution is -2.26. The van der Waals surface area contributed by atoms with Crippen LogP contribution in [0.4, 0.5) is 5.69 Å². The van der Waals surface area contributed by atoms with Crippen molar-refractivity contribution in [3.8, 4) is 22.7 Å². The molecule has 8 heteroatoms. The van der Waals surface area contributed by atoms with Gasteiger partial charge in [-0.05, 0) is 42.5 Å². The van der Waals surface area contributed by atoms with E-state index >= 15 is 0 Å². The highest BCUT2D eigenvalue weighted by Gasteiger charge is 2.11. The van der Waals surface area contributed by atoms with Crippen LogP contribution >= 0.6 is 0 Å². The number of pyridine rings is 1. The number of amides is 2. The average molecular weight is 468 g/mol. The Morgan fingerprint density at radius 3 is 2.69 bits per heavy atom. The minimum Gasteiger partial charge on any atom is -0.492 e. The highest BCUT2D eigenvalue weighted by molar-refractivity contribution is 5.92. The van der Waals surface area contributed by atoms with Gasteiger partial charge in [-0.25, -0.2) is 4.68 Å². The number of rotatable bonds is 9. The van der Waals surface area contributed by atoms with Gasteiger partial charge in [-0.1, -0.05) is 24.3 Å². The van der Waals surface area contributed by atoms with Crippen LogP contribution in [-0.2, 0) is 9.59 Å². The summed E-state index contributed by atoms with van der Waals surface area (Å²) < 4.78 is 7.44. The van der Waals surface area contributed by atoms with Crippen LogP contribution in [0.2, 0.25) is 0 Å². The maximum atomic E-state index is 12.4. The molecule has 0 atom stereocenters. The van der Waals surface area contributed by atoms with E-state index in [4.69, 9.17) is 9.84 Å². The van der Waals surface area contributed by atoms with Crippen molar-refractivity contribution in [1.29, 1.82) is 0 Å². The lowest BCUT2D eigenvalue weighted by atomic mass is 10.1. The summed E-state index contributed by atoms with van der Waals surface area (Å²) in [5.41, 5.74) is 3.96. The second-order valence-corrected chi connectivity index (χ2v) is 7.64. The third kappa shape index (κ3) is 6.64. The van der Waals surface area contributed by atoms with Gasteiger partial charge >= 0.3 is 0 Å². The van der Waals surface area contributed by atoms with Crippen LogP contribution in [0.25, 0.3) is 23.0 Å². The summed E-state index contributed by atoms with van der Waals surface area (Å²) in [4.78, 5) is 27.8. The number of nitrogens with one attached hydrogen (secondary N) is 2. The van der Waals surface area contributed by atoms with Crippen molar-refractivity contribution in [1.82, 2.24) is 20.1 Å². The molecule has 2 heterocycles. The molecule has 0 spiro atoms. The molecule has 0 aliphatic rings. The number of anilines is 1. The van der Waals surface area contributed by atoms with Crippen LogP contribution in [-0.4, -0.2) is 39.7 Å². The summed E-state index contributed by atoms with van der Waals surface area (Å²) in [6.07, 6.45) is 8.55. The molecular weight excluding hydrogens is 442 g/mol. The molecule has 2 N–H and O–H groups in total. The molecule has 4 aromatic rings. The fraction of sp³-hybridized carbons (Fsp3) is 0.111. The van der Waals surface area contributed by atoms with Gasteiger partial charge in [-0.2, -0.15) is 5.10 Å². The van der Waals surface area contributed by atoms with Crippen LogP contribution in [0.1, 0.15) is 12.5 Å². The highest BCUT2D eigenvalue weighted by Crippen LogP contribution is 2.24. The molecule has 35 heavy (non-hydrogen) atoms. The van der Waals surface area contributed by atoms with Crippen LogP contribution in [0.15, 0.2) is 91.4 Å². The van der Waals surface area contributed by atoms with Crippen molar-refractivity contribution in [3.63, 3.8) is 0 Å².